The summed E-state index contributed by atoms with van der Waals surface area (Å²) >= 11 is 0. The van der Waals surface area contributed by atoms with Gasteiger partial charge in [0.1, 0.15) is 11.4 Å². The van der Waals surface area contributed by atoms with Crippen molar-refractivity contribution >= 4 is 11.6 Å². The fourth-order valence-corrected chi connectivity index (χ4v) is 2.96. The maximum absolute atomic E-state index is 4.80. The predicted molar refractivity (Wildman–Crippen MR) is 110 cm³/mol. The van der Waals surface area contributed by atoms with Crippen molar-refractivity contribution in [3.05, 3.63) is 90.0 Å². The number of aryl methyl sites for hydroxylation is 2. The molecule has 132 valence electrons. The van der Waals surface area contributed by atoms with E-state index in [1.165, 1.54) is 5.56 Å². The highest BCUT2D eigenvalue weighted by molar-refractivity contribution is 5.78. The van der Waals surface area contributed by atoms with Gasteiger partial charge >= 0.3 is 0 Å². The molecule has 0 radical (unpaired) electrons. The van der Waals surface area contributed by atoms with Crippen molar-refractivity contribution in [3.63, 3.8) is 0 Å². The molecule has 0 aliphatic heterocycles. The van der Waals surface area contributed by atoms with E-state index in [-0.39, 0.29) is 0 Å². The lowest BCUT2D eigenvalue weighted by Gasteiger charge is -2.12. The minimum atomic E-state index is 0.488. The van der Waals surface area contributed by atoms with Crippen LogP contribution in [0.15, 0.2) is 78.9 Å². The van der Waals surface area contributed by atoms with Gasteiger partial charge in [0.25, 0.3) is 0 Å². The normalized spacial score (nSPS) is 10.6. The summed E-state index contributed by atoms with van der Waals surface area (Å²) in [6.45, 7) is 4.13. The van der Waals surface area contributed by atoms with Crippen molar-refractivity contribution in [2.75, 3.05) is 5.32 Å². The zero-order valence-electron chi connectivity index (χ0n) is 15.3. The topological polar surface area (TPSA) is 50.7 Å². The van der Waals surface area contributed by atoms with E-state index in [4.69, 9.17) is 4.98 Å². The molecule has 1 heterocycles. The molecule has 0 saturated heterocycles. The van der Waals surface area contributed by atoms with Crippen LogP contribution in [0.1, 0.15) is 11.1 Å². The molecule has 0 spiro atoms. The fourth-order valence-electron chi connectivity index (χ4n) is 2.96. The van der Waals surface area contributed by atoms with Gasteiger partial charge in [0, 0.05) is 16.8 Å². The first kappa shape index (κ1) is 16.9. The third-order valence-corrected chi connectivity index (χ3v) is 4.42. The lowest BCUT2D eigenvalue weighted by molar-refractivity contribution is 0.989. The highest BCUT2D eigenvalue weighted by Gasteiger charge is 2.14. The molecule has 0 fully saturated rings. The lowest BCUT2D eigenvalue weighted by atomic mass is 10.0. The SMILES string of the molecule is Cc1ccc(C)c(Nc2nnc(-c3ccccc3)c(-c3ccccc3)n2)c1. The van der Waals surface area contributed by atoms with E-state index in [0.29, 0.717) is 5.95 Å². The van der Waals surface area contributed by atoms with Crippen molar-refractivity contribution in [2.45, 2.75) is 13.8 Å². The highest BCUT2D eigenvalue weighted by atomic mass is 15.2. The highest BCUT2D eigenvalue weighted by Crippen LogP contribution is 2.29. The Morgan fingerprint density at radius 2 is 1.30 bits per heavy atom. The molecule has 1 N–H and O–H groups in total. The molecule has 27 heavy (non-hydrogen) atoms. The molecule has 0 aliphatic carbocycles. The first-order chi connectivity index (χ1) is 13.2. The molecule has 4 nitrogen and oxygen atoms in total. The Hall–Kier alpha value is -3.53. The first-order valence-corrected chi connectivity index (χ1v) is 8.90. The Morgan fingerprint density at radius 3 is 1.96 bits per heavy atom. The van der Waals surface area contributed by atoms with Crippen molar-refractivity contribution in [3.8, 4) is 22.5 Å². The number of nitrogens with one attached hydrogen (secondary N) is 1. The van der Waals surface area contributed by atoms with Crippen molar-refractivity contribution in [2.24, 2.45) is 0 Å². The summed E-state index contributed by atoms with van der Waals surface area (Å²) in [7, 11) is 0. The molecular formula is C23H20N4. The molecule has 0 bridgehead atoms. The van der Waals surface area contributed by atoms with Crippen molar-refractivity contribution < 1.29 is 0 Å². The molecule has 4 heteroatoms. The van der Waals surface area contributed by atoms with Gasteiger partial charge in [-0.05, 0) is 31.0 Å². The van der Waals surface area contributed by atoms with Crippen LogP contribution in [0, 0.1) is 13.8 Å². The number of nitrogens with zero attached hydrogens (tertiary/aromatic N) is 3. The summed E-state index contributed by atoms with van der Waals surface area (Å²) in [5, 5.41) is 12.2. The van der Waals surface area contributed by atoms with Crippen molar-refractivity contribution in [1.82, 2.24) is 15.2 Å². The summed E-state index contributed by atoms with van der Waals surface area (Å²) in [4.78, 5) is 4.80. The van der Waals surface area contributed by atoms with Crippen LogP contribution in [0.4, 0.5) is 11.6 Å². The summed E-state index contributed by atoms with van der Waals surface area (Å²) < 4.78 is 0. The van der Waals surface area contributed by atoms with Crippen molar-refractivity contribution in [1.29, 1.82) is 0 Å². The van der Waals surface area contributed by atoms with Gasteiger partial charge in [0.05, 0.1) is 0 Å². The molecule has 4 rings (SSSR count). The van der Waals surface area contributed by atoms with Gasteiger partial charge in [-0.3, -0.25) is 0 Å². The number of hydrogen-bond acceptors (Lipinski definition) is 4. The molecule has 0 unspecified atom stereocenters. The maximum atomic E-state index is 4.80. The average molecular weight is 352 g/mol. The second-order valence-corrected chi connectivity index (χ2v) is 6.51. The number of aromatic nitrogens is 3. The standard InChI is InChI=1S/C23H20N4/c1-16-13-14-17(2)20(15-16)24-23-25-21(18-9-5-3-6-10-18)22(26-27-23)19-11-7-4-8-12-19/h3-15H,1-2H3,(H,24,25,27). The van der Waals surface area contributed by atoms with Gasteiger partial charge in [-0.1, -0.05) is 72.8 Å². The van der Waals surface area contributed by atoms with Gasteiger partial charge in [-0.15, -0.1) is 10.2 Å². The summed E-state index contributed by atoms with van der Waals surface area (Å²) in [5.41, 5.74) is 6.89. The largest absolute Gasteiger partial charge is 0.323 e. The van der Waals surface area contributed by atoms with E-state index in [0.717, 1.165) is 33.8 Å². The molecule has 0 amide bonds. The molecule has 3 aromatic carbocycles. The summed E-state index contributed by atoms with van der Waals surface area (Å²) in [5.74, 6) is 0.488. The van der Waals surface area contributed by atoms with Crippen LogP contribution in [0.25, 0.3) is 22.5 Å². The summed E-state index contributed by atoms with van der Waals surface area (Å²) in [6.07, 6.45) is 0. The molecular weight excluding hydrogens is 332 g/mol. The minimum absolute atomic E-state index is 0.488. The second kappa shape index (κ2) is 7.38. The fraction of sp³-hybridized carbons (Fsp3) is 0.0870. The van der Waals surface area contributed by atoms with E-state index in [1.54, 1.807) is 0 Å². The summed E-state index contributed by atoms with van der Waals surface area (Å²) in [6, 6.07) is 26.4. The van der Waals surface area contributed by atoms with E-state index < -0.39 is 0 Å². The van der Waals surface area contributed by atoms with Crippen LogP contribution in [0.2, 0.25) is 0 Å². The Kier molecular flexibility index (Phi) is 4.62. The smallest absolute Gasteiger partial charge is 0.247 e. The maximum Gasteiger partial charge on any atom is 0.247 e. The Balaban J connectivity index is 1.81. The van der Waals surface area contributed by atoms with E-state index in [2.05, 4.69) is 47.6 Å². The zero-order valence-corrected chi connectivity index (χ0v) is 15.3. The Morgan fingerprint density at radius 1 is 0.667 bits per heavy atom. The molecule has 0 aliphatic rings. The molecule has 1 aromatic heterocycles. The number of rotatable bonds is 4. The van der Waals surface area contributed by atoms with Crippen LogP contribution >= 0.6 is 0 Å². The first-order valence-electron chi connectivity index (χ1n) is 8.90. The van der Waals surface area contributed by atoms with E-state index in [1.807, 2.05) is 60.7 Å². The molecule has 0 atom stereocenters. The van der Waals surface area contributed by atoms with E-state index >= 15 is 0 Å². The number of benzene rings is 3. The average Bonchev–Trinajstić information content (AvgIpc) is 2.72. The number of hydrogen-bond donors (Lipinski definition) is 1. The Bertz CT molecular complexity index is 1060. The van der Waals surface area contributed by atoms with Gasteiger partial charge in [-0.2, -0.15) is 0 Å². The quantitative estimate of drug-likeness (QED) is 0.522. The van der Waals surface area contributed by atoms with Gasteiger partial charge in [0.2, 0.25) is 5.95 Å². The van der Waals surface area contributed by atoms with Crippen LogP contribution in [-0.4, -0.2) is 15.2 Å². The Labute approximate surface area is 159 Å². The molecule has 0 saturated carbocycles. The van der Waals surface area contributed by atoms with Crippen LogP contribution < -0.4 is 5.32 Å². The lowest BCUT2D eigenvalue weighted by Crippen LogP contribution is -2.04. The number of anilines is 2. The van der Waals surface area contributed by atoms with Crippen LogP contribution in [-0.2, 0) is 0 Å². The van der Waals surface area contributed by atoms with Gasteiger partial charge in [-0.25, -0.2) is 4.98 Å². The third kappa shape index (κ3) is 3.70. The molecule has 4 aromatic rings. The zero-order chi connectivity index (χ0) is 18.6. The predicted octanol–water partition coefficient (Wildman–Crippen LogP) is 5.57. The minimum Gasteiger partial charge on any atom is -0.323 e. The second-order valence-electron chi connectivity index (χ2n) is 6.51. The van der Waals surface area contributed by atoms with Gasteiger partial charge in [0.15, 0.2) is 0 Å². The van der Waals surface area contributed by atoms with Gasteiger partial charge < -0.3 is 5.32 Å². The third-order valence-electron chi connectivity index (χ3n) is 4.42. The van der Waals surface area contributed by atoms with Crippen LogP contribution in [0.3, 0.4) is 0 Å². The van der Waals surface area contributed by atoms with E-state index in [9.17, 15) is 0 Å². The van der Waals surface area contributed by atoms with Crippen LogP contribution in [0.5, 0.6) is 0 Å². The monoisotopic (exact) mass is 352 g/mol.